The highest BCUT2D eigenvalue weighted by atomic mass is 16.2. The fourth-order valence-corrected chi connectivity index (χ4v) is 1.21. The van der Waals surface area contributed by atoms with E-state index in [2.05, 4.69) is 10.3 Å². The molecule has 1 aromatic rings. The molecule has 0 radical (unpaired) electrons. The molecule has 0 fully saturated rings. The Morgan fingerprint density at radius 1 is 1.47 bits per heavy atom. The van der Waals surface area contributed by atoms with E-state index in [0.717, 1.165) is 5.69 Å². The quantitative estimate of drug-likeness (QED) is 0.757. The van der Waals surface area contributed by atoms with E-state index in [1.54, 1.807) is 26.2 Å². The standard InChI is InChI=1S/C11H16N4O2/c1-15(2)10(16)4-6-13-8-3-5-14-9(7-8)11(12)17/h3,5,7H,4,6H2,1-2H3,(H2,12,17)(H,13,14). The van der Waals surface area contributed by atoms with Crippen LogP contribution in [0, 0.1) is 0 Å². The van der Waals surface area contributed by atoms with Gasteiger partial charge in [-0.05, 0) is 12.1 Å². The number of aromatic nitrogens is 1. The first-order chi connectivity index (χ1) is 8.00. The predicted molar refractivity (Wildman–Crippen MR) is 64.6 cm³/mol. The van der Waals surface area contributed by atoms with Gasteiger partial charge >= 0.3 is 0 Å². The maximum atomic E-state index is 11.3. The molecule has 0 aromatic carbocycles. The molecule has 0 saturated heterocycles. The van der Waals surface area contributed by atoms with Crippen LogP contribution in [0.4, 0.5) is 5.69 Å². The molecule has 6 nitrogen and oxygen atoms in total. The van der Waals surface area contributed by atoms with Crippen molar-refractivity contribution in [2.45, 2.75) is 6.42 Å². The fraction of sp³-hybridized carbons (Fsp3) is 0.364. The second-order valence-corrected chi connectivity index (χ2v) is 3.76. The van der Waals surface area contributed by atoms with Crippen LogP contribution in [0.3, 0.4) is 0 Å². The summed E-state index contributed by atoms with van der Waals surface area (Å²) in [7, 11) is 3.42. The van der Waals surface area contributed by atoms with Crippen molar-refractivity contribution in [1.82, 2.24) is 9.88 Å². The number of anilines is 1. The second kappa shape index (κ2) is 5.83. The lowest BCUT2D eigenvalue weighted by molar-refractivity contribution is -0.128. The van der Waals surface area contributed by atoms with Crippen molar-refractivity contribution in [1.29, 1.82) is 0 Å². The summed E-state index contributed by atoms with van der Waals surface area (Å²) in [5.41, 5.74) is 6.03. The fourth-order valence-electron chi connectivity index (χ4n) is 1.21. The van der Waals surface area contributed by atoms with Crippen molar-refractivity contribution >= 4 is 17.5 Å². The summed E-state index contributed by atoms with van der Waals surface area (Å²) in [6, 6.07) is 3.27. The first kappa shape index (κ1) is 13.0. The van der Waals surface area contributed by atoms with E-state index in [-0.39, 0.29) is 11.6 Å². The number of amides is 2. The molecule has 0 saturated carbocycles. The maximum absolute atomic E-state index is 11.3. The average Bonchev–Trinajstić information content (AvgIpc) is 2.29. The smallest absolute Gasteiger partial charge is 0.267 e. The Kier molecular flexibility index (Phi) is 4.45. The highest BCUT2D eigenvalue weighted by Crippen LogP contribution is 2.07. The van der Waals surface area contributed by atoms with Gasteiger partial charge in [-0.1, -0.05) is 0 Å². The predicted octanol–water partition coefficient (Wildman–Crippen LogP) is 0.0707. The van der Waals surface area contributed by atoms with Gasteiger partial charge in [0.2, 0.25) is 5.91 Å². The van der Waals surface area contributed by atoms with Gasteiger partial charge in [0.15, 0.2) is 0 Å². The Hall–Kier alpha value is -2.11. The average molecular weight is 236 g/mol. The van der Waals surface area contributed by atoms with Gasteiger partial charge in [0, 0.05) is 38.9 Å². The van der Waals surface area contributed by atoms with E-state index in [0.29, 0.717) is 13.0 Å². The summed E-state index contributed by atoms with van der Waals surface area (Å²) >= 11 is 0. The van der Waals surface area contributed by atoms with Crippen LogP contribution in [0.5, 0.6) is 0 Å². The monoisotopic (exact) mass is 236 g/mol. The third-order valence-corrected chi connectivity index (χ3v) is 2.18. The molecule has 0 unspecified atom stereocenters. The van der Waals surface area contributed by atoms with Crippen molar-refractivity contribution in [2.75, 3.05) is 26.0 Å². The highest BCUT2D eigenvalue weighted by molar-refractivity contribution is 5.91. The van der Waals surface area contributed by atoms with Crippen LogP contribution >= 0.6 is 0 Å². The van der Waals surface area contributed by atoms with Crippen LogP contribution in [-0.4, -0.2) is 42.3 Å². The van der Waals surface area contributed by atoms with Crippen molar-refractivity contribution < 1.29 is 9.59 Å². The normalized spacial score (nSPS) is 9.76. The van der Waals surface area contributed by atoms with Gasteiger partial charge in [-0.3, -0.25) is 14.6 Å². The number of pyridine rings is 1. The van der Waals surface area contributed by atoms with E-state index in [9.17, 15) is 9.59 Å². The summed E-state index contributed by atoms with van der Waals surface area (Å²) in [5, 5.41) is 3.03. The SMILES string of the molecule is CN(C)C(=O)CCNc1ccnc(C(N)=O)c1. The summed E-state index contributed by atoms with van der Waals surface area (Å²) in [5.74, 6) is -0.528. The zero-order chi connectivity index (χ0) is 12.8. The molecule has 17 heavy (non-hydrogen) atoms. The number of nitrogens with one attached hydrogen (secondary N) is 1. The van der Waals surface area contributed by atoms with Gasteiger partial charge in [-0.2, -0.15) is 0 Å². The van der Waals surface area contributed by atoms with Crippen LogP contribution < -0.4 is 11.1 Å². The molecule has 0 aliphatic heterocycles. The van der Waals surface area contributed by atoms with Crippen molar-refractivity contribution in [3.63, 3.8) is 0 Å². The number of carbonyl (C=O) groups excluding carboxylic acids is 2. The van der Waals surface area contributed by atoms with Crippen LogP contribution in [0.25, 0.3) is 0 Å². The van der Waals surface area contributed by atoms with Crippen molar-refractivity contribution in [3.8, 4) is 0 Å². The largest absolute Gasteiger partial charge is 0.384 e. The third-order valence-electron chi connectivity index (χ3n) is 2.18. The topological polar surface area (TPSA) is 88.3 Å². The Morgan fingerprint density at radius 3 is 2.76 bits per heavy atom. The molecular weight excluding hydrogens is 220 g/mol. The van der Waals surface area contributed by atoms with Gasteiger partial charge in [-0.15, -0.1) is 0 Å². The summed E-state index contributed by atoms with van der Waals surface area (Å²) < 4.78 is 0. The molecule has 2 amide bonds. The number of hydrogen-bond donors (Lipinski definition) is 2. The zero-order valence-electron chi connectivity index (χ0n) is 9.93. The molecular formula is C11H16N4O2. The Bertz CT molecular complexity index is 418. The number of primary amides is 1. The molecule has 1 rings (SSSR count). The zero-order valence-corrected chi connectivity index (χ0v) is 9.93. The maximum Gasteiger partial charge on any atom is 0.267 e. The molecule has 3 N–H and O–H groups in total. The van der Waals surface area contributed by atoms with Crippen LogP contribution in [-0.2, 0) is 4.79 Å². The van der Waals surface area contributed by atoms with Crippen molar-refractivity contribution in [2.24, 2.45) is 5.73 Å². The first-order valence-electron chi connectivity index (χ1n) is 5.20. The minimum atomic E-state index is -0.571. The molecule has 6 heteroatoms. The van der Waals surface area contributed by atoms with Gasteiger partial charge in [-0.25, -0.2) is 0 Å². The van der Waals surface area contributed by atoms with Gasteiger partial charge in [0.1, 0.15) is 5.69 Å². The van der Waals surface area contributed by atoms with Gasteiger partial charge in [0.05, 0.1) is 0 Å². The van der Waals surface area contributed by atoms with Gasteiger partial charge < -0.3 is 16.0 Å². The number of nitrogens with zero attached hydrogens (tertiary/aromatic N) is 2. The van der Waals surface area contributed by atoms with Crippen LogP contribution in [0.2, 0.25) is 0 Å². The Morgan fingerprint density at radius 2 is 2.18 bits per heavy atom. The molecule has 0 bridgehead atoms. The molecule has 0 atom stereocenters. The summed E-state index contributed by atoms with van der Waals surface area (Å²) in [4.78, 5) is 27.6. The van der Waals surface area contributed by atoms with E-state index >= 15 is 0 Å². The number of hydrogen-bond acceptors (Lipinski definition) is 4. The minimum Gasteiger partial charge on any atom is -0.384 e. The lowest BCUT2D eigenvalue weighted by Gasteiger charge is -2.11. The van der Waals surface area contributed by atoms with Crippen LogP contribution in [0.1, 0.15) is 16.9 Å². The lowest BCUT2D eigenvalue weighted by atomic mass is 10.3. The number of nitrogens with two attached hydrogens (primary N) is 1. The molecule has 0 aliphatic rings. The molecule has 92 valence electrons. The molecule has 1 heterocycles. The van der Waals surface area contributed by atoms with E-state index in [1.807, 2.05) is 0 Å². The summed E-state index contributed by atoms with van der Waals surface area (Å²) in [6.07, 6.45) is 1.89. The minimum absolute atomic E-state index is 0.0432. The highest BCUT2D eigenvalue weighted by Gasteiger charge is 2.05. The Labute approximate surface area is 99.8 Å². The second-order valence-electron chi connectivity index (χ2n) is 3.76. The molecule has 1 aromatic heterocycles. The Balaban J connectivity index is 2.50. The first-order valence-corrected chi connectivity index (χ1v) is 5.20. The van der Waals surface area contributed by atoms with Crippen molar-refractivity contribution in [3.05, 3.63) is 24.0 Å². The van der Waals surface area contributed by atoms with Crippen LogP contribution in [0.15, 0.2) is 18.3 Å². The molecule has 0 spiro atoms. The third kappa shape index (κ3) is 4.10. The van der Waals surface area contributed by atoms with E-state index in [1.165, 1.54) is 11.1 Å². The summed E-state index contributed by atoms with van der Waals surface area (Å²) in [6.45, 7) is 0.499. The van der Waals surface area contributed by atoms with E-state index < -0.39 is 5.91 Å². The molecule has 0 aliphatic carbocycles. The number of carbonyl (C=O) groups is 2. The number of rotatable bonds is 5. The van der Waals surface area contributed by atoms with E-state index in [4.69, 9.17) is 5.73 Å². The van der Waals surface area contributed by atoms with Gasteiger partial charge in [0.25, 0.3) is 5.91 Å². The lowest BCUT2D eigenvalue weighted by Crippen LogP contribution is -2.24.